The van der Waals surface area contributed by atoms with Crippen LogP contribution in [-0.4, -0.2) is 46.6 Å². The summed E-state index contributed by atoms with van der Waals surface area (Å²) in [5.74, 6) is -0.516. The van der Waals surface area contributed by atoms with Crippen molar-refractivity contribution >= 4 is 5.91 Å². The third-order valence-electron chi connectivity index (χ3n) is 2.77. The van der Waals surface area contributed by atoms with E-state index in [0.717, 1.165) is 6.42 Å². The van der Waals surface area contributed by atoms with Crippen LogP contribution in [0.3, 0.4) is 0 Å². The van der Waals surface area contributed by atoms with Gasteiger partial charge in [0.15, 0.2) is 6.10 Å². The van der Waals surface area contributed by atoms with Crippen molar-refractivity contribution in [3.63, 3.8) is 0 Å². The van der Waals surface area contributed by atoms with Gasteiger partial charge in [0.25, 0.3) is 5.91 Å². The second-order valence-corrected chi connectivity index (χ2v) is 4.99. The number of ether oxygens (including phenoxy) is 1. The molecule has 0 saturated carbocycles. The number of nitrogens with one attached hydrogen (secondary N) is 1. The van der Waals surface area contributed by atoms with E-state index in [-0.39, 0.29) is 11.6 Å². The van der Waals surface area contributed by atoms with Crippen molar-refractivity contribution in [3.8, 4) is 0 Å². The Morgan fingerprint density at radius 2 is 2.12 bits per heavy atom. The molecule has 0 bridgehead atoms. The van der Waals surface area contributed by atoms with Crippen LogP contribution < -0.4 is 5.32 Å². The number of carbonyl (C=O) groups excluding carboxylic acids is 1. The average Bonchev–Trinajstić information content (AvgIpc) is 2.14. The van der Waals surface area contributed by atoms with Gasteiger partial charge in [-0.3, -0.25) is 4.79 Å². The van der Waals surface area contributed by atoms with Gasteiger partial charge in [-0.25, -0.2) is 0 Å². The zero-order valence-corrected chi connectivity index (χ0v) is 10.1. The molecule has 1 aliphatic rings. The molecule has 0 aromatic rings. The molecule has 3 atom stereocenters. The smallest absolute Gasteiger partial charge is 0.251 e. The molecule has 1 rings (SSSR count). The van der Waals surface area contributed by atoms with E-state index < -0.39 is 18.1 Å². The van der Waals surface area contributed by atoms with Crippen molar-refractivity contribution in [2.75, 3.05) is 6.61 Å². The lowest BCUT2D eigenvalue weighted by atomic mass is 9.94. The summed E-state index contributed by atoms with van der Waals surface area (Å²) in [6, 6.07) is 0.00431. The fraction of sp³-hybridized carbons (Fsp3) is 0.909. The predicted molar refractivity (Wildman–Crippen MR) is 58.9 cm³/mol. The lowest BCUT2D eigenvalue weighted by Crippen LogP contribution is -2.50. The molecule has 0 aromatic heterocycles. The monoisotopic (exact) mass is 231 g/mol. The maximum Gasteiger partial charge on any atom is 0.251 e. The standard InChI is InChI=1S/C11H21NO4/c1-7(13)9(14)10(15)12-8-4-5-16-11(2,3)6-8/h7-9,13-14H,4-6H2,1-3H3,(H,12,15)/t7-,8?,9+/m0/s1. The summed E-state index contributed by atoms with van der Waals surface area (Å²) in [5.41, 5.74) is -0.244. The lowest BCUT2D eigenvalue weighted by Gasteiger charge is -2.36. The van der Waals surface area contributed by atoms with E-state index in [0.29, 0.717) is 13.0 Å². The topological polar surface area (TPSA) is 78.8 Å². The van der Waals surface area contributed by atoms with Gasteiger partial charge in [0.1, 0.15) is 0 Å². The van der Waals surface area contributed by atoms with Crippen LogP contribution in [-0.2, 0) is 9.53 Å². The largest absolute Gasteiger partial charge is 0.390 e. The summed E-state index contributed by atoms with van der Waals surface area (Å²) in [5, 5.41) is 21.2. The summed E-state index contributed by atoms with van der Waals surface area (Å²) in [6.07, 6.45) is -0.953. The summed E-state index contributed by atoms with van der Waals surface area (Å²) in [4.78, 5) is 11.5. The van der Waals surface area contributed by atoms with Crippen molar-refractivity contribution in [1.82, 2.24) is 5.32 Å². The Morgan fingerprint density at radius 3 is 2.62 bits per heavy atom. The molecule has 5 heteroatoms. The lowest BCUT2D eigenvalue weighted by molar-refractivity contribution is -0.137. The number of hydrogen-bond acceptors (Lipinski definition) is 4. The molecule has 16 heavy (non-hydrogen) atoms. The highest BCUT2D eigenvalue weighted by atomic mass is 16.5. The van der Waals surface area contributed by atoms with Gasteiger partial charge in [0.2, 0.25) is 0 Å². The first-order valence-electron chi connectivity index (χ1n) is 5.62. The minimum Gasteiger partial charge on any atom is -0.390 e. The molecule has 0 aliphatic carbocycles. The number of carbonyl (C=O) groups is 1. The minimum atomic E-state index is -1.36. The maximum absolute atomic E-state index is 11.5. The van der Waals surface area contributed by atoms with E-state index >= 15 is 0 Å². The normalized spacial score (nSPS) is 28.2. The Balaban J connectivity index is 2.45. The molecule has 1 heterocycles. The van der Waals surface area contributed by atoms with Crippen LogP contribution in [0.1, 0.15) is 33.6 Å². The van der Waals surface area contributed by atoms with Gasteiger partial charge < -0.3 is 20.3 Å². The van der Waals surface area contributed by atoms with Crippen LogP contribution in [0.5, 0.6) is 0 Å². The zero-order chi connectivity index (χ0) is 12.3. The second-order valence-electron chi connectivity index (χ2n) is 4.99. The van der Waals surface area contributed by atoms with Crippen LogP contribution >= 0.6 is 0 Å². The zero-order valence-electron chi connectivity index (χ0n) is 10.1. The first-order valence-corrected chi connectivity index (χ1v) is 5.62. The Hall–Kier alpha value is -0.650. The molecule has 3 N–H and O–H groups in total. The van der Waals surface area contributed by atoms with Gasteiger partial charge in [-0.05, 0) is 33.6 Å². The van der Waals surface area contributed by atoms with E-state index in [2.05, 4.69) is 5.32 Å². The number of aliphatic hydroxyl groups is 2. The van der Waals surface area contributed by atoms with Gasteiger partial charge in [0, 0.05) is 12.6 Å². The Kier molecular flexibility index (Phi) is 4.29. The second kappa shape index (κ2) is 5.12. The fourth-order valence-electron chi connectivity index (χ4n) is 1.86. The quantitative estimate of drug-likeness (QED) is 0.628. The Morgan fingerprint density at radius 1 is 1.50 bits per heavy atom. The molecule has 5 nitrogen and oxygen atoms in total. The van der Waals surface area contributed by atoms with Crippen molar-refractivity contribution < 1.29 is 19.7 Å². The van der Waals surface area contributed by atoms with Gasteiger partial charge >= 0.3 is 0 Å². The number of hydrogen-bond donors (Lipinski definition) is 3. The van der Waals surface area contributed by atoms with Crippen LogP contribution in [0.4, 0.5) is 0 Å². The summed E-state index contributed by atoms with van der Waals surface area (Å²) < 4.78 is 5.52. The predicted octanol–water partition coefficient (Wildman–Crippen LogP) is -0.198. The van der Waals surface area contributed by atoms with Crippen molar-refractivity contribution in [2.45, 2.75) is 57.5 Å². The first kappa shape index (κ1) is 13.4. The van der Waals surface area contributed by atoms with Crippen LogP contribution in [0.2, 0.25) is 0 Å². The molecular weight excluding hydrogens is 210 g/mol. The third-order valence-corrected chi connectivity index (χ3v) is 2.77. The highest BCUT2D eigenvalue weighted by Gasteiger charge is 2.31. The summed E-state index contributed by atoms with van der Waals surface area (Å²) in [7, 11) is 0. The highest BCUT2D eigenvalue weighted by molar-refractivity contribution is 5.81. The van der Waals surface area contributed by atoms with Crippen molar-refractivity contribution in [2.24, 2.45) is 0 Å². The van der Waals surface area contributed by atoms with E-state index in [1.807, 2.05) is 13.8 Å². The van der Waals surface area contributed by atoms with Crippen LogP contribution in [0, 0.1) is 0 Å². The first-order chi connectivity index (χ1) is 7.32. The molecule has 1 unspecified atom stereocenters. The van der Waals surface area contributed by atoms with Crippen molar-refractivity contribution in [1.29, 1.82) is 0 Å². The Bertz CT molecular complexity index is 252. The third kappa shape index (κ3) is 3.73. The number of amides is 1. The van der Waals surface area contributed by atoms with Gasteiger partial charge in [0.05, 0.1) is 11.7 Å². The molecule has 1 aliphatic heterocycles. The number of rotatable bonds is 3. The molecule has 1 amide bonds. The summed E-state index contributed by atoms with van der Waals surface area (Å²) >= 11 is 0. The minimum absolute atomic E-state index is 0.00431. The van der Waals surface area contributed by atoms with E-state index in [1.165, 1.54) is 6.92 Å². The molecule has 1 fully saturated rings. The molecule has 94 valence electrons. The maximum atomic E-state index is 11.5. The summed E-state index contributed by atoms with van der Waals surface area (Å²) in [6.45, 7) is 5.92. The van der Waals surface area contributed by atoms with E-state index in [4.69, 9.17) is 9.84 Å². The average molecular weight is 231 g/mol. The van der Waals surface area contributed by atoms with Gasteiger partial charge in [-0.1, -0.05) is 0 Å². The number of aliphatic hydroxyl groups excluding tert-OH is 2. The SMILES string of the molecule is C[C@H](O)[C@@H](O)C(=O)NC1CCOC(C)(C)C1. The Labute approximate surface area is 95.8 Å². The van der Waals surface area contributed by atoms with Crippen LogP contribution in [0.25, 0.3) is 0 Å². The molecule has 0 radical (unpaired) electrons. The van der Waals surface area contributed by atoms with E-state index in [9.17, 15) is 9.90 Å². The van der Waals surface area contributed by atoms with Crippen LogP contribution in [0.15, 0.2) is 0 Å². The molecular formula is C11H21NO4. The molecule has 1 saturated heterocycles. The van der Waals surface area contributed by atoms with Gasteiger partial charge in [-0.2, -0.15) is 0 Å². The van der Waals surface area contributed by atoms with Gasteiger partial charge in [-0.15, -0.1) is 0 Å². The molecule has 0 spiro atoms. The molecule has 0 aromatic carbocycles. The fourth-order valence-corrected chi connectivity index (χ4v) is 1.86. The van der Waals surface area contributed by atoms with Crippen molar-refractivity contribution in [3.05, 3.63) is 0 Å². The highest BCUT2D eigenvalue weighted by Crippen LogP contribution is 2.23. The van der Waals surface area contributed by atoms with E-state index in [1.54, 1.807) is 0 Å².